The second kappa shape index (κ2) is 6.74. The van der Waals surface area contributed by atoms with Gasteiger partial charge in [0.05, 0.1) is 17.1 Å². The quantitative estimate of drug-likeness (QED) is 0.633. The van der Waals surface area contributed by atoms with E-state index in [1.807, 2.05) is 24.3 Å². The van der Waals surface area contributed by atoms with E-state index in [-0.39, 0.29) is 24.6 Å². The Morgan fingerprint density at radius 1 is 1.13 bits per heavy atom. The van der Waals surface area contributed by atoms with E-state index in [0.29, 0.717) is 10.4 Å². The number of hydrogen-bond donors (Lipinski definition) is 2. The fourth-order valence-corrected chi connectivity index (χ4v) is 4.93. The SMILES string of the molecule is O=C1NC(=O)[C@](CN2Cc3ccc(F)cc3C2=O)(c2ccc(-c3ccccn3)s2)N1. The average molecular weight is 422 g/mol. The highest BCUT2D eigenvalue weighted by Crippen LogP contribution is 2.37. The average Bonchev–Trinajstić information content (AvgIpc) is 3.41. The maximum Gasteiger partial charge on any atom is 0.322 e. The summed E-state index contributed by atoms with van der Waals surface area (Å²) in [6.07, 6.45) is 1.67. The Kier molecular flexibility index (Phi) is 4.14. The highest BCUT2D eigenvalue weighted by atomic mass is 32.1. The van der Waals surface area contributed by atoms with Crippen LogP contribution in [0.15, 0.2) is 54.7 Å². The van der Waals surface area contributed by atoms with Gasteiger partial charge in [-0.3, -0.25) is 19.9 Å². The highest BCUT2D eigenvalue weighted by Gasteiger charge is 2.51. The van der Waals surface area contributed by atoms with Crippen molar-refractivity contribution in [2.45, 2.75) is 12.1 Å². The van der Waals surface area contributed by atoms with Crippen molar-refractivity contribution < 1.29 is 18.8 Å². The van der Waals surface area contributed by atoms with Crippen LogP contribution in [-0.4, -0.2) is 34.3 Å². The molecule has 1 aromatic carbocycles. The molecule has 1 atom stereocenters. The number of halogens is 1. The Morgan fingerprint density at radius 3 is 2.73 bits per heavy atom. The van der Waals surface area contributed by atoms with Crippen LogP contribution < -0.4 is 10.6 Å². The number of benzene rings is 1. The molecule has 1 fully saturated rings. The van der Waals surface area contributed by atoms with Crippen LogP contribution in [0, 0.1) is 5.82 Å². The fraction of sp³-hybridized carbons (Fsp3) is 0.143. The first-order valence-electron chi connectivity index (χ1n) is 9.19. The third-order valence-corrected chi connectivity index (χ3v) is 6.53. The summed E-state index contributed by atoms with van der Waals surface area (Å²) in [4.78, 5) is 44.9. The number of nitrogens with zero attached hydrogens (tertiary/aromatic N) is 2. The van der Waals surface area contributed by atoms with Crippen molar-refractivity contribution in [2.24, 2.45) is 0 Å². The van der Waals surface area contributed by atoms with Gasteiger partial charge in [0.25, 0.3) is 11.8 Å². The van der Waals surface area contributed by atoms with Crippen molar-refractivity contribution in [1.82, 2.24) is 20.5 Å². The van der Waals surface area contributed by atoms with Gasteiger partial charge in [-0.1, -0.05) is 12.1 Å². The largest absolute Gasteiger partial charge is 0.331 e. The van der Waals surface area contributed by atoms with E-state index in [9.17, 15) is 18.8 Å². The van der Waals surface area contributed by atoms with Crippen LogP contribution in [0.4, 0.5) is 9.18 Å². The number of pyridine rings is 1. The molecule has 150 valence electrons. The molecule has 2 aliphatic rings. The minimum Gasteiger partial charge on any atom is -0.331 e. The van der Waals surface area contributed by atoms with E-state index in [0.717, 1.165) is 10.6 Å². The van der Waals surface area contributed by atoms with Gasteiger partial charge < -0.3 is 10.2 Å². The third-order valence-electron chi connectivity index (χ3n) is 5.26. The Balaban J connectivity index is 1.51. The number of fused-ring (bicyclic) bond motifs is 1. The van der Waals surface area contributed by atoms with Crippen LogP contribution in [-0.2, 0) is 16.9 Å². The molecule has 2 aromatic heterocycles. The van der Waals surface area contributed by atoms with Gasteiger partial charge in [0, 0.05) is 23.2 Å². The molecular weight excluding hydrogens is 407 g/mol. The number of hydrogen-bond acceptors (Lipinski definition) is 5. The lowest BCUT2D eigenvalue weighted by Crippen LogP contribution is -2.52. The molecule has 3 aromatic rings. The van der Waals surface area contributed by atoms with Crippen molar-refractivity contribution in [3.05, 3.63) is 76.5 Å². The second-order valence-electron chi connectivity index (χ2n) is 7.16. The monoisotopic (exact) mass is 422 g/mol. The van der Waals surface area contributed by atoms with Crippen LogP contribution in [0.25, 0.3) is 10.6 Å². The minimum atomic E-state index is -1.43. The number of urea groups is 1. The lowest BCUT2D eigenvalue weighted by Gasteiger charge is -2.30. The first-order chi connectivity index (χ1) is 14.5. The van der Waals surface area contributed by atoms with Gasteiger partial charge in [-0.15, -0.1) is 11.3 Å². The summed E-state index contributed by atoms with van der Waals surface area (Å²) in [5.41, 5.74) is 0.274. The number of amides is 4. The van der Waals surface area contributed by atoms with E-state index in [1.165, 1.54) is 28.4 Å². The smallest absolute Gasteiger partial charge is 0.322 e. The topological polar surface area (TPSA) is 91.4 Å². The number of aromatic nitrogens is 1. The number of carbonyl (C=O) groups excluding carboxylic acids is 3. The van der Waals surface area contributed by atoms with Gasteiger partial charge in [0.2, 0.25) is 0 Å². The molecular formula is C21H15FN4O3S. The standard InChI is InChI=1S/C21H15FN4O3S/c22-13-5-4-12-10-26(18(27)14(12)9-13)11-21(19(28)24-20(29)25-21)17-7-6-16(30-17)15-3-1-2-8-23-15/h1-9H,10-11H2,(H2,24,25,28,29)/t21-/m0/s1. The molecule has 5 rings (SSSR count). The Morgan fingerprint density at radius 2 is 2.00 bits per heavy atom. The molecule has 4 amide bonds. The zero-order chi connectivity index (χ0) is 20.9. The summed E-state index contributed by atoms with van der Waals surface area (Å²) in [6, 6.07) is 12.5. The van der Waals surface area contributed by atoms with E-state index < -0.39 is 23.3 Å². The number of rotatable bonds is 4. The van der Waals surface area contributed by atoms with Crippen molar-refractivity contribution in [2.75, 3.05) is 6.54 Å². The molecule has 9 heteroatoms. The molecule has 0 saturated carbocycles. The van der Waals surface area contributed by atoms with Crippen LogP contribution in [0.5, 0.6) is 0 Å². The Labute approximate surface area is 174 Å². The molecule has 1 saturated heterocycles. The summed E-state index contributed by atoms with van der Waals surface area (Å²) < 4.78 is 13.6. The molecule has 0 aliphatic carbocycles. The number of imide groups is 1. The van der Waals surface area contributed by atoms with Crippen molar-refractivity contribution in [3.63, 3.8) is 0 Å². The molecule has 0 spiro atoms. The second-order valence-corrected chi connectivity index (χ2v) is 8.24. The van der Waals surface area contributed by atoms with Crippen molar-refractivity contribution >= 4 is 29.2 Å². The molecule has 0 bridgehead atoms. The zero-order valence-electron chi connectivity index (χ0n) is 15.5. The number of nitrogens with one attached hydrogen (secondary N) is 2. The predicted octanol–water partition coefficient (Wildman–Crippen LogP) is 2.64. The lowest BCUT2D eigenvalue weighted by molar-refractivity contribution is -0.124. The molecule has 4 heterocycles. The molecule has 2 N–H and O–H groups in total. The van der Waals surface area contributed by atoms with E-state index in [2.05, 4.69) is 15.6 Å². The predicted molar refractivity (Wildman–Crippen MR) is 107 cm³/mol. The van der Waals surface area contributed by atoms with Gasteiger partial charge in [0.1, 0.15) is 5.82 Å². The summed E-state index contributed by atoms with van der Waals surface area (Å²) in [6.45, 7) is 0.166. The van der Waals surface area contributed by atoms with Crippen LogP contribution >= 0.6 is 11.3 Å². The summed E-state index contributed by atoms with van der Waals surface area (Å²) in [7, 11) is 0. The summed E-state index contributed by atoms with van der Waals surface area (Å²) in [5, 5.41) is 4.98. The van der Waals surface area contributed by atoms with Gasteiger partial charge in [-0.05, 0) is 42.0 Å². The van der Waals surface area contributed by atoms with Crippen LogP contribution in [0.2, 0.25) is 0 Å². The number of thiophene rings is 1. The third kappa shape index (κ3) is 2.86. The molecule has 30 heavy (non-hydrogen) atoms. The minimum absolute atomic E-state index is 0.0676. The lowest BCUT2D eigenvalue weighted by atomic mass is 9.96. The summed E-state index contributed by atoms with van der Waals surface area (Å²) in [5.74, 6) is -1.40. The van der Waals surface area contributed by atoms with E-state index in [1.54, 1.807) is 18.3 Å². The van der Waals surface area contributed by atoms with Crippen molar-refractivity contribution in [1.29, 1.82) is 0 Å². The molecule has 2 aliphatic heterocycles. The zero-order valence-corrected chi connectivity index (χ0v) is 16.3. The van der Waals surface area contributed by atoms with Gasteiger partial charge in [-0.25, -0.2) is 9.18 Å². The van der Waals surface area contributed by atoms with Crippen molar-refractivity contribution in [3.8, 4) is 10.6 Å². The molecule has 7 nitrogen and oxygen atoms in total. The fourth-order valence-electron chi connectivity index (χ4n) is 3.82. The first kappa shape index (κ1) is 18.4. The normalized spacial score (nSPS) is 20.3. The Bertz CT molecular complexity index is 1200. The maximum absolute atomic E-state index is 13.6. The molecule has 0 radical (unpaired) electrons. The highest BCUT2D eigenvalue weighted by molar-refractivity contribution is 7.15. The van der Waals surface area contributed by atoms with E-state index >= 15 is 0 Å². The maximum atomic E-state index is 13.6. The number of carbonyl (C=O) groups is 3. The van der Waals surface area contributed by atoms with Gasteiger partial charge in [-0.2, -0.15) is 0 Å². The first-order valence-corrected chi connectivity index (χ1v) is 10.0. The molecule has 0 unspecified atom stereocenters. The van der Waals surface area contributed by atoms with Crippen LogP contribution in [0.3, 0.4) is 0 Å². The van der Waals surface area contributed by atoms with Crippen LogP contribution in [0.1, 0.15) is 20.8 Å². The van der Waals surface area contributed by atoms with Gasteiger partial charge >= 0.3 is 6.03 Å². The Hall–Kier alpha value is -3.59. The summed E-state index contributed by atoms with van der Waals surface area (Å²) >= 11 is 1.32. The van der Waals surface area contributed by atoms with E-state index in [4.69, 9.17) is 0 Å². The van der Waals surface area contributed by atoms with Gasteiger partial charge in [0.15, 0.2) is 5.54 Å².